The summed E-state index contributed by atoms with van der Waals surface area (Å²) in [7, 11) is 0. The zero-order valence-corrected chi connectivity index (χ0v) is 8.76. The molecule has 82 valence electrons. The molecular formula is C11H16N2O2. The molecule has 0 N–H and O–H groups in total. The second-order valence-electron chi connectivity index (χ2n) is 3.88. The quantitative estimate of drug-likeness (QED) is 0.751. The number of carbonyl (C=O) groups excluding carboxylic acids is 1. The Kier molecular flexibility index (Phi) is 3.50. The first-order chi connectivity index (χ1) is 7.34. The van der Waals surface area contributed by atoms with Gasteiger partial charge in [0, 0.05) is 25.2 Å². The van der Waals surface area contributed by atoms with E-state index in [2.05, 4.69) is 5.10 Å². The Labute approximate surface area is 89.2 Å². The Morgan fingerprint density at radius 2 is 2.27 bits per heavy atom. The van der Waals surface area contributed by atoms with E-state index in [0.717, 1.165) is 19.4 Å². The van der Waals surface area contributed by atoms with Crippen LogP contribution in [0.1, 0.15) is 25.7 Å². The second kappa shape index (κ2) is 5.07. The number of rotatable bonds is 4. The number of ether oxygens (including phenoxy) is 1. The highest BCUT2D eigenvalue weighted by Crippen LogP contribution is 2.17. The summed E-state index contributed by atoms with van der Waals surface area (Å²) in [5.74, 6) is 0.377. The lowest BCUT2D eigenvalue weighted by molar-refractivity contribution is -0.123. The fourth-order valence-corrected chi connectivity index (χ4v) is 1.83. The van der Waals surface area contributed by atoms with E-state index >= 15 is 0 Å². The molecule has 1 saturated carbocycles. The molecule has 1 fully saturated rings. The summed E-state index contributed by atoms with van der Waals surface area (Å²) in [6.45, 7) is 1.47. The van der Waals surface area contributed by atoms with E-state index in [1.807, 2.05) is 16.9 Å². The molecule has 0 saturated heterocycles. The number of hydrogen-bond acceptors (Lipinski definition) is 3. The number of nitrogens with zero attached hydrogens (tertiary/aromatic N) is 2. The van der Waals surface area contributed by atoms with Crippen LogP contribution in [0.15, 0.2) is 18.5 Å². The predicted octanol–water partition coefficient (Wildman–Crippen LogP) is 1.41. The number of aromatic nitrogens is 2. The van der Waals surface area contributed by atoms with Gasteiger partial charge in [-0.1, -0.05) is 0 Å². The first-order valence-electron chi connectivity index (χ1n) is 5.45. The summed E-state index contributed by atoms with van der Waals surface area (Å²) in [4.78, 5) is 11.0. The third-order valence-electron chi connectivity index (χ3n) is 2.72. The zero-order valence-electron chi connectivity index (χ0n) is 8.76. The topological polar surface area (TPSA) is 44.1 Å². The Morgan fingerprint density at radius 3 is 2.93 bits per heavy atom. The van der Waals surface area contributed by atoms with Crippen LogP contribution in [0.3, 0.4) is 0 Å². The van der Waals surface area contributed by atoms with E-state index in [0.29, 0.717) is 25.2 Å². The highest BCUT2D eigenvalue weighted by Gasteiger charge is 2.18. The lowest BCUT2D eigenvalue weighted by atomic mass is 9.97. The van der Waals surface area contributed by atoms with Gasteiger partial charge in [-0.05, 0) is 18.9 Å². The van der Waals surface area contributed by atoms with Gasteiger partial charge in [0.25, 0.3) is 0 Å². The molecule has 4 nitrogen and oxygen atoms in total. The molecule has 0 aliphatic heterocycles. The van der Waals surface area contributed by atoms with Crippen LogP contribution in [0.5, 0.6) is 0 Å². The molecule has 15 heavy (non-hydrogen) atoms. The van der Waals surface area contributed by atoms with Crippen molar-refractivity contribution in [3.05, 3.63) is 18.5 Å². The van der Waals surface area contributed by atoms with Crippen LogP contribution in [-0.2, 0) is 16.1 Å². The maximum Gasteiger partial charge on any atom is 0.133 e. The van der Waals surface area contributed by atoms with Gasteiger partial charge in [-0.3, -0.25) is 9.48 Å². The third kappa shape index (κ3) is 3.16. The fourth-order valence-electron chi connectivity index (χ4n) is 1.83. The molecule has 0 aromatic carbocycles. The van der Waals surface area contributed by atoms with Crippen LogP contribution in [0, 0.1) is 0 Å². The maximum absolute atomic E-state index is 11.0. The standard InChI is InChI=1S/C11H16N2O2/c14-10-2-4-11(5-3-10)15-9-8-13-7-1-6-12-13/h1,6-7,11H,2-5,8-9H2. The Balaban J connectivity index is 1.64. The average molecular weight is 208 g/mol. The van der Waals surface area contributed by atoms with Crippen molar-refractivity contribution in [3.63, 3.8) is 0 Å². The van der Waals surface area contributed by atoms with Gasteiger partial charge in [0.1, 0.15) is 5.78 Å². The second-order valence-corrected chi connectivity index (χ2v) is 3.88. The van der Waals surface area contributed by atoms with Crippen molar-refractivity contribution in [2.24, 2.45) is 0 Å². The molecule has 0 unspecified atom stereocenters. The van der Waals surface area contributed by atoms with E-state index < -0.39 is 0 Å². The van der Waals surface area contributed by atoms with Crippen molar-refractivity contribution in [1.82, 2.24) is 9.78 Å². The average Bonchev–Trinajstić information content (AvgIpc) is 2.74. The number of Topliss-reactive ketones (excluding diaryl/α,β-unsaturated/α-hetero) is 1. The summed E-state index contributed by atoms with van der Waals surface area (Å²) in [5, 5.41) is 4.09. The molecule has 1 heterocycles. The smallest absolute Gasteiger partial charge is 0.133 e. The first-order valence-corrected chi connectivity index (χ1v) is 5.45. The molecule has 4 heteroatoms. The van der Waals surface area contributed by atoms with Crippen LogP contribution < -0.4 is 0 Å². The zero-order chi connectivity index (χ0) is 10.5. The lowest BCUT2D eigenvalue weighted by Gasteiger charge is -2.21. The molecule has 0 amide bonds. The predicted molar refractivity (Wildman–Crippen MR) is 55.4 cm³/mol. The van der Waals surface area contributed by atoms with Crippen LogP contribution >= 0.6 is 0 Å². The van der Waals surface area contributed by atoms with Crippen molar-refractivity contribution in [2.45, 2.75) is 38.3 Å². The van der Waals surface area contributed by atoms with Crippen molar-refractivity contribution < 1.29 is 9.53 Å². The van der Waals surface area contributed by atoms with E-state index in [4.69, 9.17) is 4.74 Å². The van der Waals surface area contributed by atoms with Gasteiger partial charge >= 0.3 is 0 Å². The van der Waals surface area contributed by atoms with E-state index in [-0.39, 0.29) is 6.10 Å². The summed E-state index contributed by atoms with van der Waals surface area (Å²) in [6, 6.07) is 1.90. The maximum atomic E-state index is 11.0. The van der Waals surface area contributed by atoms with Crippen LogP contribution in [0.25, 0.3) is 0 Å². The highest BCUT2D eigenvalue weighted by atomic mass is 16.5. The molecule has 0 atom stereocenters. The van der Waals surface area contributed by atoms with E-state index in [1.54, 1.807) is 6.20 Å². The summed E-state index contributed by atoms with van der Waals surface area (Å²) >= 11 is 0. The molecule has 0 spiro atoms. The molecule has 1 aromatic rings. The molecular weight excluding hydrogens is 192 g/mol. The van der Waals surface area contributed by atoms with Crippen LogP contribution in [0.2, 0.25) is 0 Å². The first kappa shape index (κ1) is 10.4. The Bertz CT molecular complexity index is 298. The van der Waals surface area contributed by atoms with E-state index in [9.17, 15) is 4.79 Å². The lowest BCUT2D eigenvalue weighted by Crippen LogP contribution is -2.23. The largest absolute Gasteiger partial charge is 0.376 e. The normalized spacial score (nSPS) is 18.3. The fraction of sp³-hybridized carbons (Fsp3) is 0.636. The van der Waals surface area contributed by atoms with Crippen LogP contribution in [-0.4, -0.2) is 28.3 Å². The van der Waals surface area contributed by atoms with Gasteiger partial charge in [-0.15, -0.1) is 0 Å². The van der Waals surface area contributed by atoms with Gasteiger partial charge in [-0.25, -0.2) is 0 Å². The van der Waals surface area contributed by atoms with Gasteiger partial charge in [-0.2, -0.15) is 5.10 Å². The monoisotopic (exact) mass is 208 g/mol. The van der Waals surface area contributed by atoms with Crippen LogP contribution in [0.4, 0.5) is 0 Å². The molecule has 0 bridgehead atoms. The van der Waals surface area contributed by atoms with Gasteiger partial charge in [0.15, 0.2) is 0 Å². The Morgan fingerprint density at radius 1 is 1.47 bits per heavy atom. The minimum absolute atomic E-state index is 0.276. The Hall–Kier alpha value is -1.16. The van der Waals surface area contributed by atoms with Gasteiger partial charge in [0.05, 0.1) is 19.3 Å². The number of hydrogen-bond donors (Lipinski definition) is 0. The van der Waals surface area contributed by atoms with Crippen molar-refractivity contribution in [3.8, 4) is 0 Å². The summed E-state index contributed by atoms with van der Waals surface area (Å²) in [6.07, 6.45) is 7.11. The molecule has 2 rings (SSSR count). The third-order valence-corrected chi connectivity index (χ3v) is 2.72. The number of ketones is 1. The number of carbonyl (C=O) groups is 1. The van der Waals surface area contributed by atoms with E-state index in [1.165, 1.54) is 0 Å². The molecule has 1 aromatic heterocycles. The molecule has 1 aliphatic carbocycles. The van der Waals surface area contributed by atoms with Gasteiger partial charge < -0.3 is 4.74 Å². The van der Waals surface area contributed by atoms with Crippen molar-refractivity contribution in [1.29, 1.82) is 0 Å². The minimum Gasteiger partial charge on any atom is -0.376 e. The minimum atomic E-state index is 0.276. The van der Waals surface area contributed by atoms with Crippen molar-refractivity contribution >= 4 is 5.78 Å². The SMILES string of the molecule is O=C1CCC(OCCn2cccn2)CC1. The molecule has 1 aliphatic rings. The summed E-state index contributed by atoms with van der Waals surface area (Å²) < 4.78 is 7.55. The summed E-state index contributed by atoms with van der Waals surface area (Å²) in [5.41, 5.74) is 0. The van der Waals surface area contributed by atoms with Crippen molar-refractivity contribution in [2.75, 3.05) is 6.61 Å². The molecule has 0 radical (unpaired) electrons. The van der Waals surface area contributed by atoms with Gasteiger partial charge in [0.2, 0.25) is 0 Å². The highest BCUT2D eigenvalue weighted by molar-refractivity contribution is 5.79.